The Balaban J connectivity index is 1.62. The molecule has 0 aromatic heterocycles. The van der Waals surface area contributed by atoms with E-state index in [9.17, 15) is 4.79 Å². The SMILES string of the molecule is CC(Oc1ccccc1)C(=O)Nc1cccc(Nc2ccccc2)c1. The van der Waals surface area contributed by atoms with Crippen LogP contribution in [0.4, 0.5) is 17.1 Å². The molecule has 0 heterocycles. The summed E-state index contributed by atoms with van der Waals surface area (Å²) < 4.78 is 5.65. The Hall–Kier alpha value is -3.27. The van der Waals surface area contributed by atoms with E-state index >= 15 is 0 Å². The number of carbonyl (C=O) groups excluding carboxylic acids is 1. The van der Waals surface area contributed by atoms with E-state index in [2.05, 4.69) is 10.6 Å². The molecule has 4 nitrogen and oxygen atoms in total. The van der Waals surface area contributed by atoms with Gasteiger partial charge in [-0.2, -0.15) is 0 Å². The lowest BCUT2D eigenvalue weighted by Crippen LogP contribution is -2.30. The van der Waals surface area contributed by atoms with Crippen molar-refractivity contribution in [3.63, 3.8) is 0 Å². The van der Waals surface area contributed by atoms with Crippen LogP contribution >= 0.6 is 0 Å². The molecule has 0 radical (unpaired) electrons. The first kappa shape index (κ1) is 16.6. The van der Waals surface area contributed by atoms with E-state index < -0.39 is 6.10 Å². The smallest absolute Gasteiger partial charge is 0.265 e. The first-order valence-electron chi connectivity index (χ1n) is 8.15. The van der Waals surface area contributed by atoms with Crippen molar-refractivity contribution >= 4 is 23.0 Å². The van der Waals surface area contributed by atoms with Crippen molar-refractivity contribution in [3.8, 4) is 5.75 Å². The number of amides is 1. The number of rotatable bonds is 6. The second-order valence-electron chi connectivity index (χ2n) is 5.63. The highest BCUT2D eigenvalue weighted by Gasteiger charge is 2.14. The lowest BCUT2D eigenvalue weighted by atomic mass is 10.2. The van der Waals surface area contributed by atoms with Gasteiger partial charge in [0, 0.05) is 17.1 Å². The zero-order valence-corrected chi connectivity index (χ0v) is 14.0. The highest BCUT2D eigenvalue weighted by atomic mass is 16.5. The molecule has 4 heteroatoms. The standard InChI is InChI=1S/C21H20N2O2/c1-16(25-20-13-6-3-7-14-20)21(24)23-19-12-8-11-18(15-19)22-17-9-4-2-5-10-17/h2-16,22H,1H3,(H,23,24). The van der Waals surface area contributed by atoms with E-state index in [4.69, 9.17) is 4.74 Å². The highest BCUT2D eigenvalue weighted by Crippen LogP contribution is 2.20. The minimum absolute atomic E-state index is 0.194. The van der Waals surface area contributed by atoms with Crippen molar-refractivity contribution in [2.45, 2.75) is 13.0 Å². The molecule has 1 unspecified atom stereocenters. The van der Waals surface area contributed by atoms with Gasteiger partial charge in [-0.15, -0.1) is 0 Å². The van der Waals surface area contributed by atoms with Crippen molar-refractivity contribution in [1.29, 1.82) is 0 Å². The number of ether oxygens (including phenoxy) is 1. The molecule has 3 aromatic carbocycles. The van der Waals surface area contributed by atoms with Crippen molar-refractivity contribution < 1.29 is 9.53 Å². The Bertz CT molecular complexity index is 820. The summed E-state index contributed by atoms with van der Waals surface area (Å²) >= 11 is 0. The zero-order valence-electron chi connectivity index (χ0n) is 14.0. The van der Waals surface area contributed by atoms with Gasteiger partial charge in [0.2, 0.25) is 0 Å². The molecule has 0 saturated heterocycles. The van der Waals surface area contributed by atoms with Crippen LogP contribution in [0.1, 0.15) is 6.92 Å². The van der Waals surface area contributed by atoms with Gasteiger partial charge in [-0.3, -0.25) is 4.79 Å². The number of anilines is 3. The van der Waals surface area contributed by atoms with Gasteiger partial charge in [-0.25, -0.2) is 0 Å². The Morgan fingerprint density at radius 1 is 0.800 bits per heavy atom. The minimum Gasteiger partial charge on any atom is -0.481 e. The van der Waals surface area contributed by atoms with Gasteiger partial charge in [0.25, 0.3) is 5.91 Å². The molecule has 126 valence electrons. The highest BCUT2D eigenvalue weighted by molar-refractivity contribution is 5.94. The topological polar surface area (TPSA) is 50.4 Å². The molecule has 0 saturated carbocycles. The molecular formula is C21H20N2O2. The first-order valence-corrected chi connectivity index (χ1v) is 8.15. The molecule has 2 N–H and O–H groups in total. The summed E-state index contributed by atoms with van der Waals surface area (Å²) in [7, 11) is 0. The van der Waals surface area contributed by atoms with Crippen molar-refractivity contribution in [1.82, 2.24) is 0 Å². The van der Waals surface area contributed by atoms with E-state index in [-0.39, 0.29) is 5.91 Å². The average Bonchev–Trinajstić information content (AvgIpc) is 2.63. The minimum atomic E-state index is -0.590. The van der Waals surface area contributed by atoms with Crippen molar-refractivity contribution in [3.05, 3.63) is 84.9 Å². The van der Waals surface area contributed by atoms with Gasteiger partial charge >= 0.3 is 0 Å². The third kappa shape index (κ3) is 4.85. The number of carbonyl (C=O) groups is 1. The van der Waals surface area contributed by atoms with Crippen molar-refractivity contribution in [2.75, 3.05) is 10.6 Å². The van der Waals surface area contributed by atoms with E-state index in [1.54, 1.807) is 6.92 Å². The van der Waals surface area contributed by atoms with Gasteiger partial charge in [0.15, 0.2) is 6.10 Å². The van der Waals surface area contributed by atoms with Gasteiger partial charge in [-0.1, -0.05) is 42.5 Å². The molecule has 0 aliphatic carbocycles. The van der Waals surface area contributed by atoms with Crippen LogP contribution < -0.4 is 15.4 Å². The fourth-order valence-corrected chi connectivity index (χ4v) is 2.36. The number of benzene rings is 3. The molecule has 3 rings (SSSR count). The molecule has 1 amide bonds. The largest absolute Gasteiger partial charge is 0.481 e. The summed E-state index contributed by atoms with van der Waals surface area (Å²) in [5.41, 5.74) is 2.61. The van der Waals surface area contributed by atoms with Crippen LogP contribution in [0.5, 0.6) is 5.75 Å². The Morgan fingerprint density at radius 2 is 1.40 bits per heavy atom. The van der Waals surface area contributed by atoms with Crippen LogP contribution in [0.15, 0.2) is 84.9 Å². The van der Waals surface area contributed by atoms with Crippen LogP contribution in [0.3, 0.4) is 0 Å². The second kappa shape index (κ2) is 8.02. The summed E-state index contributed by atoms with van der Waals surface area (Å²) in [5.74, 6) is 0.477. The summed E-state index contributed by atoms with van der Waals surface area (Å²) in [4.78, 5) is 12.3. The number of hydrogen-bond acceptors (Lipinski definition) is 3. The first-order chi connectivity index (χ1) is 12.2. The summed E-state index contributed by atoms with van der Waals surface area (Å²) in [6.45, 7) is 1.73. The van der Waals surface area contributed by atoms with Crippen LogP contribution in [0.2, 0.25) is 0 Å². The lowest BCUT2D eigenvalue weighted by molar-refractivity contribution is -0.122. The van der Waals surface area contributed by atoms with Gasteiger partial charge < -0.3 is 15.4 Å². The molecule has 1 atom stereocenters. The molecule has 0 fully saturated rings. The quantitative estimate of drug-likeness (QED) is 0.679. The maximum atomic E-state index is 12.3. The lowest BCUT2D eigenvalue weighted by Gasteiger charge is -2.15. The molecule has 25 heavy (non-hydrogen) atoms. The molecular weight excluding hydrogens is 312 g/mol. The molecule has 3 aromatic rings. The van der Waals surface area contributed by atoms with E-state index in [1.165, 1.54) is 0 Å². The van der Waals surface area contributed by atoms with E-state index in [0.29, 0.717) is 5.75 Å². The van der Waals surface area contributed by atoms with Crippen LogP contribution in [-0.4, -0.2) is 12.0 Å². The number of nitrogens with one attached hydrogen (secondary N) is 2. The maximum Gasteiger partial charge on any atom is 0.265 e. The average molecular weight is 332 g/mol. The summed E-state index contributed by atoms with van der Waals surface area (Å²) in [6, 6.07) is 26.8. The van der Waals surface area contributed by atoms with Crippen LogP contribution in [0.25, 0.3) is 0 Å². The van der Waals surface area contributed by atoms with Crippen molar-refractivity contribution in [2.24, 2.45) is 0 Å². The van der Waals surface area contributed by atoms with E-state index in [0.717, 1.165) is 17.1 Å². The molecule has 0 spiro atoms. The monoisotopic (exact) mass is 332 g/mol. The number of para-hydroxylation sites is 2. The van der Waals surface area contributed by atoms with Gasteiger partial charge in [-0.05, 0) is 49.4 Å². The predicted molar refractivity (Wildman–Crippen MR) is 101 cm³/mol. The summed E-state index contributed by atoms with van der Waals surface area (Å²) in [5, 5.41) is 6.19. The number of hydrogen-bond donors (Lipinski definition) is 2. The fourth-order valence-electron chi connectivity index (χ4n) is 2.36. The van der Waals surface area contributed by atoms with E-state index in [1.807, 2.05) is 84.9 Å². The fraction of sp³-hybridized carbons (Fsp3) is 0.0952. The third-order valence-electron chi connectivity index (χ3n) is 3.62. The Kier molecular flexibility index (Phi) is 5.32. The van der Waals surface area contributed by atoms with Crippen LogP contribution in [-0.2, 0) is 4.79 Å². The van der Waals surface area contributed by atoms with Crippen LogP contribution in [0, 0.1) is 0 Å². The maximum absolute atomic E-state index is 12.3. The normalized spacial score (nSPS) is 11.4. The third-order valence-corrected chi connectivity index (χ3v) is 3.62. The predicted octanol–water partition coefficient (Wildman–Crippen LogP) is 4.84. The van der Waals surface area contributed by atoms with Gasteiger partial charge in [0.1, 0.15) is 5.75 Å². The molecule has 0 bridgehead atoms. The Labute approximate surface area is 147 Å². The molecule has 0 aliphatic heterocycles. The Morgan fingerprint density at radius 3 is 2.12 bits per heavy atom. The zero-order chi connectivity index (χ0) is 17.5. The van der Waals surface area contributed by atoms with Gasteiger partial charge in [0.05, 0.1) is 0 Å². The summed E-state index contributed by atoms with van der Waals surface area (Å²) in [6.07, 6.45) is -0.590. The molecule has 0 aliphatic rings. The second-order valence-corrected chi connectivity index (χ2v) is 5.63.